The van der Waals surface area contributed by atoms with Crippen LogP contribution >= 0.6 is 0 Å². The molecule has 0 aliphatic rings. The van der Waals surface area contributed by atoms with E-state index in [0.717, 1.165) is 13.8 Å². The van der Waals surface area contributed by atoms with Gasteiger partial charge in [0.1, 0.15) is 0 Å². The summed E-state index contributed by atoms with van der Waals surface area (Å²) in [7, 11) is -4.86. The molecule has 0 bridgehead atoms. The topological polar surface area (TPSA) is 34.1 Å². The molecule has 0 heterocycles. The van der Waals surface area contributed by atoms with Crippen molar-refractivity contribution in [1.82, 2.24) is 0 Å². The summed E-state index contributed by atoms with van der Waals surface area (Å²) in [5.41, 5.74) is -1.87. The van der Waals surface area contributed by atoms with Gasteiger partial charge >= 0.3 is 10.2 Å². The number of rotatable bonds is 4. The van der Waals surface area contributed by atoms with E-state index in [4.69, 9.17) is 0 Å². The van der Waals surface area contributed by atoms with Crippen LogP contribution in [0.5, 0.6) is 0 Å². The van der Waals surface area contributed by atoms with E-state index >= 15 is 0 Å². The van der Waals surface area contributed by atoms with Gasteiger partial charge in [-0.2, -0.15) is 8.42 Å². The lowest BCUT2D eigenvalue weighted by atomic mass is 9.86. The van der Waals surface area contributed by atoms with Gasteiger partial charge in [-0.25, -0.2) is 8.78 Å². The number of hydrogen-bond donors (Lipinski definition) is 0. The molecule has 0 spiro atoms. The van der Waals surface area contributed by atoms with Gasteiger partial charge in [-0.1, -0.05) is 20.8 Å². The van der Waals surface area contributed by atoms with Gasteiger partial charge < -0.3 is 0 Å². The van der Waals surface area contributed by atoms with E-state index in [1.54, 1.807) is 0 Å². The van der Waals surface area contributed by atoms with E-state index in [-0.39, 0.29) is 0 Å². The maximum atomic E-state index is 13.0. The molecule has 0 aromatic carbocycles. The molecular formula is C7H13F3O2S. The van der Waals surface area contributed by atoms with Crippen LogP contribution in [0.1, 0.15) is 27.2 Å². The first-order chi connectivity index (χ1) is 5.52. The van der Waals surface area contributed by atoms with E-state index in [2.05, 4.69) is 0 Å². The van der Waals surface area contributed by atoms with Gasteiger partial charge in [0.15, 0.2) is 0 Å². The Hall–Kier alpha value is -0.260. The van der Waals surface area contributed by atoms with Gasteiger partial charge in [-0.15, -0.1) is 3.89 Å². The molecule has 0 rings (SSSR count). The summed E-state index contributed by atoms with van der Waals surface area (Å²) in [6, 6.07) is 0. The normalized spacial score (nSPS) is 14.6. The maximum Gasteiger partial charge on any atom is 0.303 e. The van der Waals surface area contributed by atoms with Crippen LogP contribution < -0.4 is 0 Å². The number of hydrogen-bond acceptors (Lipinski definition) is 2. The molecule has 6 heteroatoms. The Kier molecular flexibility index (Phi) is 3.41. The zero-order valence-electron chi connectivity index (χ0n) is 7.77. The average molecular weight is 218 g/mol. The van der Waals surface area contributed by atoms with E-state index in [0.29, 0.717) is 0 Å². The van der Waals surface area contributed by atoms with E-state index in [1.807, 2.05) is 0 Å². The molecule has 2 nitrogen and oxygen atoms in total. The van der Waals surface area contributed by atoms with Crippen molar-refractivity contribution in [2.45, 2.75) is 33.1 Å². The van der Waals surface area contributed by atoms with Crippen molar-refractivity contribution in [1.29, 1.82) is 0 Å². The van der Waals surface area contributed by atoms with Crippen LogP contribution in [-0.2, 0) is 10.2 Å². The van der Waals surface area contributed by atoms with Crippen molar-refractivity contribution in [3.05, 3.63) is 0 Å². The van der Waals surface area contributed by atoms with Crippen LogP contribution in [0.2, 0.25) is 0 Å². The van der Waals surface area contributed by atoms with Gasteiger partial charge in [0.25, 0.3) is 5.92 Å². The molecule has 0 radical (unpaired) electrons. The molecule has 0 amide bonds. The van der Waals surface area contributed by atoms with Gasteiger partial charge in [0.05, 0.1) is 5.75 Å². The van der Waals surface area contributed by atoms with Crippen molar-refractivity contribution >= 4 is 10.2 Å². The third-order valence-corrected chi connectivity index (χ3v) is 3.03. The molecule has 0 aromatic rings. The molecular weight excluding hydrogens is 205 g/mol. The van der Waals surface area contributed by atoms with Crippen LogP contribution in [0.4, 0.5) is 12.7 Å². The Balaban J connectivity index is 4.78. The second-order valence-electron chi connectivity index (χ2n) is 3.63. The SMILES string of the molecule is CCC(F)(F)C(C)(C)CS(=O)(=O)F. The molecule has 13 heavy (non-hydrogen) atoms. The van der Waals surface area contributed by atoms with Crippen molar-refractivity contribution in [3.63, 3.8) is 0 Å². The van der Waals surface area contributed by atoms with Crippen LogP contribution in [-0.4, -0.2) is 20.1 Å². The molecule has 0 aliphatic heterocycles. The largest absolute Gasteiger partial charge is 0.303 e. The Morgan fingerprint density at radius 3 is 1.85 bits per heavy atom. The molecule has 0 atom stereocenters. The van der Waals surface area contributed by atoms with Crippen molar-refractivity contribution in [2.24, 2.45) is 5.41 Å². The molecule has 0 unspecified atom stereocenters. The van der Waals surface area contributed by atoms with Gasteiger partial charge in [-0.05, 0) is 0 Å². The lowest BCUT2D eigenvalue weighted by molar-refractivity contribution is -0.0971. The van der Waals surface area contributed by atoms with Crippen molar-refractivity contribution < 1.29 is 21.1 Å². The van der Waals surface area contributed by atoms with Crippen LogP contribution in [0, 0.1) is 5.41 Å². The monoisotopic (exact) mass is 218 g/mol. The van der Waals surface area contributed by atoms with Crippen LogP contribution in [0.3, 0.4) is 0 Å². The first-order valence-electron chi connectivity index (χ1n) is 3.82. The predicted octanol–water partition coefficient (Wildman–Crippen LogP) is 2.36. The summed E-state index contributed by atoms with van der Waals surface area (Å²) in [6.45, 7) is 3.30. The fourth-order valence-corrected chi connectivity index (χ4v) is 2.09. The predicted molar refractivity (Wildman–Crippen MR) is 43.9 cm³/mol. The highest BCUT2D eigenvalue weighted by Crippen LogP contribution is 2.39. The van der Waals surface area contributed by atoms with Gasteiger partial charge in [-0.3, -0.25) is 0 Å². The highest BCUT2D eigenvalue weighted by molar-refractivity contribution is 7.86. The van der Waals surface area contributed by atoms with E-state index < -0.39 is 33.7 Å². The Morgan fingerprint density at radius 1 is 1.23 bits per heavy atom. The lowest BCUT2D eigenvalue weighted by Crippen LogP contribution is -2.40. The quantitative estimate of drug-likeness (QED) is 0.679. The summed E-state index contributed by atoms with van der Waals surface area (Å²) in [4.78, 5) is 0. The average Bonchev–Trinajstić information content (AvgIpc) is 1.81. The highest BCUT2D eigenvalue weighted by atomic mass is 32.3. The standard InChI is InChI=1S/C7H13F3O2S/c1-4-7(8,9)6(2,3)5-13(10,11)12/h4-5H2,1-3H3. The summed E-state index contributed by atoms with van der Waals surface area (Å²) in [5.74, 6) is -4.33. The molecule has 80 valence electrons. The minimum atomic E-state index is -4.86. The van der Waals surface area contributed by atoms with Crippen molar-refractivity contribution in [2.75, 3.05) is 5.75 Å². The second kappa shape index (κ2) is 3.48. The lowest BCUT2D eigenvalue weighted by Gasteiger charge is -2.31. The minimum absolute atomic E-state index is 0.504. The molecule has 0 aromatic heterocycles. The third-order valence-electron chi connectivity index (χ3n) is 1.97. The molecule has 0 saturated carbocycles. The summed E-state index contributed by atoms with van der Waals surface area (Å²) < 4.78 is 58.7. The van der Waals surface area contributed by atoms with Gasteiger partial charge in [0.2, 0.25) is 0 Å². The zero-order chi connectivity index (χ0) is 10.9. The minimum Gasteiger partial charge on any atom is -0.206 e. The Morgan fingerprint density at radius 2 is 1.62 bits per heavy atom. The smallest absolute Gasteiger partial charge is 0.206 e. The Labute approximate surface area is 76.3 Å². The number of alkyl halides is 2. The molecule has 0 N–H and O–H groups in total. The van der Waals surface area contributed by atoms with Crippen LogP contribution in [0.25, 0.3) is 0 Å². The highest BCUT2D eigenvalue weighted by Gasteiger charge is 2.47. The van der Waals surface area contributed by atoms with E-state index in [1.165, 1.54) is 6.92 Å². The third kappa shape index (κ3) is 3.54. The first kappa shape index (κ1) is 12.7. The summed E-state index contributed by atoms with van der Waals surface area (Å²) >= 11 is 0. The second-order valence-corrected chi connectivity index (χ2v) is 4.99. The first-order valence-corrected chi connectivity index (χ1v) is 5.37. The summed E-state index contributed by atoms with van der Waals surface area (Å²) in [5, 5.41) is 0. The Bertz CT molecular complexity index is 269. The summed E-state index contributed by atoms with van der Waals surface area (Å²) in [6.07, 6.45) is -0.504. The molecule has 0 saturated heterocycles. The maximum absolute atomic E-state index is 13.0. The zero-order valence-corrected chi connectivity index (χ0v) is 8.59. The van der Waals surface area contributed by atoms with E-state index in [9.17, 15) is 21.1 Å². The van der Waals surface area contributed by atoms with Crippen molar-refractivity contribution in [3.8, 4) is 0 Å². The van der Waals surface area contributed by atoms with Crippen LogP contribution in [0.15, 0.2) is 0 Å². The molecule has 0 aliphatic carbocycles. The fourth-order valence-electron chi connectivity index (χ4n) is 1.02. The molecule has 0 fully saturated rings. The number of halogens is 3. The fraction of sp³-hybridized carbons (Fsp3) is 1.00. The van der Waals surface area contributed by atoms with Gasteiger partial charge in [0, 0.05) is 11.8 Å².